The van der Waals surface area contributed by atoms with Gasteiger partial charge in [-0.3, -0.25) is 0 Å². The topological polar surface area (TPSA) is 60.9 Å². The number of aryl methyl sites for hydroxylation is 1. The third-order valence-corrected chi connectivity index (χ3v) is 3.08. The summed E-state index contributed by atoms with van der Waals surface area (Å²) in [6, 6.07) is 6.30. The summed E-state index contributed by atoms with van der Waals surface area (Å²) in [5, 5.41) is 12.5. The lowest BCUT2D eigenvalue weighted by Gasteiger charge is -2.23. The first-order valence-electron chi connectivity index (χ1n) is 6.31. The second-order valence-electron chi connectivity index (χ2n) is 5.39. The second kappa shape index (κ2) is 5.08. The molecule has 2 rings (SSSR count). The lowest BCUT2D eigenvalue weighted by molar-refractivity contribution is 0.189. The smallest absolute Gasteiger partial charge is 0.104 e. The zero-order valence-corrected chi connectivity index (χ0v) is 11.2. The molecule has 1 aromatic carbocycles. The normalized spacial score (nSPS) is 12.2. The number of imidazole rings is 1. The molecular formula is C14H21N3O. The van der Waals surface area contributed by atoms with Crippen LogP contribution >= 0.6 is 0 Å². The molecule has 0 saturated carbocycles. The number of rotatable bonds is 5. The molecule has 1 aromatic heterocycles. The van der Waals surface area contributed by atoms with E-state index >= 15 is 0 Å². The number of aromatic nitrogens is 2. The fourth-order valence-electron chi connectivity index (χ4n) is 1.94. The molecule has 0 aliphatic rings. The minimum Gasteiger partial charge on any atom is -0.394 e. The molecule has 3 N–H and O–H groups in total. The zero-order valence-electron chi connectivity index (χ0n) is 11.2. The van der Waals surface area contributed by atoms with Crippen molar-refractivity contribution in [2.75, 3.05) is 13.2 Å². The van der Waals surface area contributed by atoms with Crippen LogP contribution in [-0.4, -0.2) is 33.8 Å². The minimum atomic E-state index is -0.214. The van der Waals surface area contributed by atoms with Crippen molar-refractivity contribution in [3.05, 3.63) is 29.6 Å². The highest BCUT2D eigenvalue weighted by atomic mass is 16.3. The summed E-state index contributed by atoms with van der Waals surface area (Å²) in [7, 11) is 0. The fourth-order valence-corrected chi connectivity index (χ4v) is 1.94. The molecule has 0 unspecified atom stereocenters. The van der Waals surface area contributed by atoms with Gasteiger partial charge in [0.2, 0.25) is 0 Å². The van der Waals surface area contributed by atoms with E-state index < -0.39 is 0 Å². The SMILES string of the molecule is Cc1nc2ccc(CCNC(C)(C)CO)cc2[nH]1. The highest BCUT2D eigenvalue weighted by molar-refractivity contribution is 5.75. The Morgan fingerprint density at radius 2 is 2.17 bits per heavy atom. The molecule has 0 aliphatic carbocycles. The van der Waals surface area contributed by atoms with E-state index in [1.807, 2.05) is 26.8 Å². The Bertz CT molecular complexity index is 531. The molecule has 0 atom stereocenters. The highest BCUT2D eigenvalue weighted by Crippen LogP contribution is 2.14. The standard InChI is InChI=1S/C14H21N3O/c1-10-16-12-5-4-11(8-13(12)17-10)6-7-15-14(2,3)9-18/h4-5,8,15,18H,6-7,9H2,1-3H3,(H,16,17). The summed E-state index contributed by atoms with van der Waals surface area (Å²) in [6.07, 6.45) is 0.942. The van der Waals surface area contributed by atoms with Gasteiger partial charge in [-0.25, -0.2) is 4.98 Å². The summed E-state index contributed by atoms with van der Waals surface area (Å²) >= 11 is 0. The third kappa shape index (κ3) is 3.09. The molecule has 0 spiro atoms. The van der Waals surface area contributed by atoms with E-state index in [4.69, 9.17) is 5.11 Å². The van der Waals surface area contributed by atoms with Crippen molar-refractivity contribution < 1.29 is 5.11 Å². The zero-order chi connectivity index (χ0) is 13.2. The quantitative estimate of drug-likeness (QED) is 0.754. The predicted molar refractivity (Wildman–Crippen MR) is 73.7 cm³/mol. The summed E-state index contributed by atoms with van der Waals surface area (Å²) in [5.41, 5.74) is 3.16. The Labute approximate surface area is 107 Å². The van der Waals surface area contributed by atoms with Gasteiger partial charge in [0.25, 0.3) is 0 Å². The Morgan fingerprint density at radius 1 is 1.39 bits per heavy atom. The van der Waals surface area contributed by atoms with Crippen LogP contribution in [0.4, 0.5) is 0 Å². The maximum Gasteiger partial charge on any atom is 0.104 e. The van der Waals surface area contributed by atoms with Crippen molar-refractivity contribution in [2.45, 2.75) is 32.7 Å². The van der Waals surface area contributed by atoms with Crippen LogP contribution in [-0.2, 0) is 6.42 Å². The van der Waals surface area contributed by atoms with E-state index in [0.717, 1.165) is 29.8 Å². The van der Waals surface area contributed by atoms with Crippen LogP contribution in [0.25, 0.3) is 11.0 Å². The van der Waals surface area contributed by atoms with Crippen molar-refractivity contribution in [1.82, 2.24) is 15.3 Å². The number of nitrogens with one attached hydrogen (secondary N) is 2. The van der Waals surface area contributed by atoms with Crippen molar-refractivity contribution in [2.24, 2.45) is 0 Å². The number of hydrogen-bond acceptors (Lipinski definition) is 3. The predicted octanol–water partition coefficient (Wildman–Crippen LogP) is 1.77. The van der Waals surface area contributed by atoms with E-state index in [-0.39, 0.29) is 12.1 Å². The number of nitrogens with zero attached hydrogens (tertiary/aromatic N) is 1. The number of fused-ring (bicyclic) bond motifs is 1. The van der Waals surface area contributed by atoms with Gasteiger partial charge in [-0.2, -0.15) is 0 Å². The molecular weight excluding hydrogens is 226 g/mol. The number of aliphatic hydroxyl groups excluding tert-OH is 1. The van der Waals surface area contributed by atoms with Crippen LogP contribution in [0.3, 0.4) is 0 Å². The summed E-state index contributed by atoms with van der Waals surface area (Å²) in [5.74, 6) is 0.946. The molecule has 0 bridgehead atoms. The Hall–Kier alpha value is -1.39. The van der Waals surface area contributed by atoms with E-state index in [0.29, 0.717) is 0 Å². The molecule has 0 radical (unpaired) electrons. The molecule has 0 aliphatic heterocycles. The first kappa shape index (κ1) is 13.1. The lowest BCUT2D eigenvalue weighted by Crippen LogP contribution is -2.43. The molecule has 0 amide bonds. The van der Waals surface area contributed by atoms with Gasteiger partial charge in [0.1, 0.15) is 5.82 Å². The average molecular weight is 247 g/mol. The average Bonchev–Trinajstić information content (AvgIpc) is 2.68. The number of H-pyrrole nitrogens is 1. The van der Waals surface area contributed by atoms with Gasteiger partial charge < -0.3 is 15.4 Å². The van der Waals surface area contributed by atoms with Gasteiger partial charge in [0, 0.05) is 5.54 Å². The summed E-state index contributed by atoms with van der Waals surface area (Å²) < 4.78 is 0. The molecule has 0 fully saturated rings. The Morgan fingerprint density at radius 3 is 2.89 bits per heavy atom. The van der Waals surface area contributed by atoms with Gasteiger partial charge in [-0.05, 0) is 51.4 Å². The second-order valence-corrected chi connectivity index (χ2v) is 5.39. The van der Waals surface area contributed by atoms with E-state index in [1.165, 1.54) is 5.56 Å². The van der Waals surface area contributed by atoms with Gasteiger partial charge >= 0.3 is 0 Å². The highest BCUT2D eigenvalue weighted by Gasteiger charge is 2.14. The summed E-state index contributed by atoms with van der Waals surface area (Å²) in [4.78, 5) is 7.63. The van der Waals surface area contributed by atoms with Crippen LogP contribution in [0.2, 0.25) is 0 Å². The van der Waals surface area contributed by atoms with E-state index in [9.17, 15) is 0 Å². The Balaban J connectivity index is 1.99. The first-order valence-corrected chi connectivity index (χ1v) is 6.31. The van der Waals surface area contributed by atoms with Crippen molar-refractivity contribution in [3.63, 3.8) is 0 Å². The lowest BCUT2D eigenvalue weighted by atomic mass is 10.1. The van der Waals surface area contributed by atoms with Crippen LogP contribution in [0.5, 0.6) is 0 Å². The monoisotopic (exact) mass is 247 g/mol. The maximum atomic E-state index is 9.16. The number of aromatic amines is 1. The first-order chi connectivity index (χ1) is 8.50. The molecule has 0 saturated heterocycles. The van der Waals surface area contributed by atoms with Gasteiger partial charge in [0.15, 0.2) is 0 Å². The van der Waals surface area contributed by atoms with Crippen LogP contribution in [0.15, 0.2) is 18.2 Å². The van der Waals surface area contributed by atoms with Crippen LogP contribution in [0.1, 0.15) is 25.2 Å². The van der Waals surface area contributed by atoms with E-state index in [1.54, 1.807) is 0 Å². The van der Waals surface area contributed by atoms with Crippen molar-refractivity contribution in [1.29, 1.82) is 0 Å². The number of hydrogen-bond donors (Lipinski definition) is 3. The fraction of sp³-hybridized carbons (Fsp3) is 0.500. The van der Waals surface area contributed by atoms with Crippen LogP contribution < -0.4 is 5.32 Å². The maximum absolute atomic E-state index is 9.16. The largest absolute Gasteiger partial charge is 0.394 e. The molecule has 4 nitrogen and oxygen atoms in total. The van der Waals surface area contributed by atoms with Crippen molar-refractivity contribution >= 4 is 11.0 Å². The Kier molecular flexibility index (Phi) is 3.68. The molecule has 4 heteroatoms. The molecule has 2 aromatic rings. The van der Waals surface area contributed by atoms with Crippen molar-refractivity contribution in [3.8, 4) is 0 Å². The van der Waals surface area contributed by atoms with Crippen LogP contribution in [0, 0.1) is 6.92 Å². The number of aliphatic hydroxyl groups is 1. The molecule has 1 heterocycles. The van der Waals surface area contributed by atoms with Gasteiger partial charge in [0.05, 0.1) is 17.6 Å². The minimum absolute atomic E-state index is 0.145. The molecule has 18 heavy (non-hydrogen) atoms. The number of benzene rings is 1. The third-order valence-electron chi connectivity index (χ3n) is 3.08. The van der Waals surface area contributed by atoms with Gasteiger partial charge in [-0.1, -0.05) is 6.07 Å². The summed E-state index contributed by atoms with van der Waals surface area (Å²) in [6.45, 7) is 6.95. The molecule has 98 valence electrons. The van der Waals surface area contributed by atoms with E-state index in [2.05, 4.69) is 27.4 Å². The van der Waals surface area contributed by atoms with Gasteiger partial charge in [-0.15, -0.1) is 0 Å².